The zero-order valence-electron chi connectivity index (χ0n) is 24.0. The molecule has 0 radical (unpaired) electrons. The normalized spacial score (nSPS) is 23.9. The van der Waals surface area contributed by atoms with E-state index in [1.54, 1.807) is 18.2 Å². The van der Waals surface area contributed by atoms with Gasteiger partial charge in [-0.3, -0.25) is 14.5 Å². The Balaban J connectivity index is 1.45. The number of ether oxygens (including phenoxy) is 1. The second-order valence-corrected chi connectivity index (χ2v) is 11.1. The van der Waals surface area contributed by atoms with Crippen LogP contribution in [-0.4, -0.2) is 79.5 Å². The summed E-state index contributed by atoms with van der Waals surface area (Å²) in [6.45, 7) is 10.6. The number of amidine groups is 2. The van der Waals surface area contributed by atoms with Crippen LogP contribution in [-0.2, 0) is 19.2 Å². The van der Waals surface area contributed by atoms with E-state index in [2.05, 4.69) is 33.0 Å². The van der Waals surface area contributed by atoms with Crippen LogP contribution in [0.1, 0.15) is 50.7 Å². The van der Waals surface area contributed by atoms with Crippen molar-refractivity contribution in [1.82, 2.24) is 26.3 Å². The molecule has 4 heterocycles. The largest absolute Gasteiger partial charge is 0.381 e. The molecule has 2 amide bonds. The topological polar surface area (TPSA) is 129 Å². The number of rotatable bonds is 8. The number of piperidine rings is 1. The van der Waals surface area contributed by atoms with Gasteiger partial charge >= 0.3 is 0 Å². The van der Waals surface area contributed by atoms with Crippen molar-refractivity contribution < 1.29 is 19.2 Å². The molecule has 11 nitrogen and oxygen atoms in total. The number of halogens is 1. The average molecular weight is 596 g/mol. The number of aliphatic imine (C=N–C) groups is 2. The van der Waals surface area contributed by atoms with E-state index < -0.39 is 0 Å². The summed E-state index contributed by atoms with van der Waals surface area (Å²) in [4.78, 5) is 43.2. The van der Waals surface area contributed by atoms with Gasteiger partial charge < -0.3 is 20.7 Å². The highest BCUT2D eigenvalue weighted by Crippen LogP contribution is 2.32. The lowest BCUT2D eigenvalue weighted by Gasteiger charge is -2.32. The molecule has 42 heavy (non-hydrogen) atoms. The highest BCUT2D eigenvalue weighted by Gasteiger charge is 2.34. The molecule has 1 atom stereocenters. The van der Waals surface area contributed by atoms with E-state index in [-0.39, 0.29) is 36.7 Å². The maximum absolute atomic E-state index is 14.1. The molecule has 1 unspecified atom stereocenters. The maximum atomic E-state index is 14.1. The number of allylic oxidation sites excluding steroid dienone is 1. The van der Waals surface area contributed by atoms with Crippen molar-refractivity contribution in [2.45, 2.75) is 57.8 Å². The summed E-state index contributed by atoms with van der Waals surface area (Å²) >= 11 is 6.74. The Kier molecular flexibility index (Phi) is 9.73. The Morgan fingerprint density at radius 3 is 2.62 bits per heavy atom. The van der Waals surface area contributed by atoms with Crippen LogP contribution in [0.2, 0.25) is 5.02 Å². The first-order valence-electron chi connectivity index (χ1n) is 14.4. The second kappa shape index (κ2) is 13.6. The number of carbonyl (C=O) groups is 2. The van der Waals surface area contributed by atoms with Gasteiger partial charge in [-0.1, -0.05) is 36.4 Å². The standard InChI is InChI=1S/C30H38ClN7O4/c1-4-20-15-25(24-6-5-21(16-26(24)31)28-35-19(3)42-37-28)30(40)38(17-27(39)36-22-7-11-32-12-8-22)29(20)34-18(2)33-23-9-13-41-14-10-23/h4-6,15-16,19,22-23,32-33H,2,7-14,17H2,1,3H3,(H,35,37)(H,36,39)/b20-4-,34-29+. The van der Waals surface area contributed by atoms with Gasteiger partial charge in [0.2, 0.25) is 5.91 Å². The smallest absolute Gasteiger partial charge is 0.260 e. The SMILES string of the molecule is C=C(/N=C1\C(=C/C)C=C(c2ccc(C3=NC(C)ON3)cc2Cl)C(=O)N1CC(=O)NC1CCNCC1)NC1CCOCC1. The summed E-state index contributed by atoms with van der Waals surface area (Å²) in [5.41, 5.74) is 5.11. The minimum atomic E-state index is -0.374. The molecular formula is C30H38ClN7O4. The van der Waals surface area contributed by atoms with Crippen molar-refractivity contribution in [3.05, 3.63) is 64.5 Å². The Hall–Kier alpha value is -3.51. The lowest BCUT2D eigenvalue weighted by atomic mass is 9.95. The van der Waals surface area contributed by atoms with Crippen LogP contribution in [0.5, 0.6) is 0 Å². The van der Waals surface area contributed by atoms with Gasteiger partial charge in [-0.25, -0.2) is 20.3 Å². The molecule has 0 spiro atoms. The van der Waals surface area contributed by atoms with Crippen LogP contribution in [0.4, 0.5) is 0 Å². The van der Waals surface area contributed by atoms with Crippen LogP contribution >= 0.6 is 11.6 Å². The lowest BCUT2D eigenvalue weighted by Crippen LogP contribution is -2.50. The molecule has 12 heteroatoms. The van der Waals surface area contributed by atoms with E-state index in [1.807, 2.05) is 26.0 Å². The number of hydrogen-bond donors (Lipinski definition) is 4. The molecule has 0 saturated carbocycles. The molecule has 224 valence electrons. The number of hydroxylamine groups is 1. The third kappa shape index (κ3) is 7.09. The predicted octanol–water partition coefficient (Wildman–Crippen LogP) is 2.65. The van der Waals surface area contributed by atoms with Gasteiger partial charge in [0, 0.05) is 52.6 Å². The van der Waals surface area contributed by atoms with Crippen molar-refractivity contribution in [1.29, 1.82) is 0 Å². The average Bonchev–Trinajstić information content (AvgIpc) is 3.42. The van der Waals surface area contributed by atoms with Crippen LogP contribution in [0, 0.1) is 0 Å². The first-order chi connectivity index (χ1) is 20.3. The molecule has 1 aromatic carbocycles. The first kappa shape index (κ1) is 30.0. The molecule has 0 aliphatic carbocycles. The number of hydrogen-bond acceptors (Lipinski definition) is 9. The summed E-state index contributed by atoms with van der Waals surface area (Å²) in [6, 6.07) is 5.58. The van der Waals surface area contributed by atoms with Crippen molar-refractivity contribution in [3.8, 4) is 0 Å². The summed E-state index contributed by atoms with van der Waals surface area (Å²) in [7, 11) is 0. The van der Waals surface area contributed by atoms with Crippen LogP contribution in [0.3, 0.4) is 0 Å². The molecule has 4 aliphatic heterocycles. The van der Waals surface area contributed by atoms with Crippen molar-refractivity contribution in [2.75, 3.05) is 32.8 Å². The second-order valence-electron chi connectivity index (χ2n) is 10.7. The molecule has 2 fully saturated rings. The minimum Gasteiger partial charge on any atom is -0.381 e. The molecule has 0 bridgehead atoms. The third-order valence-electron chi connectivity index (χ3n) is 7.61. The first-order valence-corrected chi connectivity index (χ1v) is 14.8. The van der Waals surface area contributed by atoms with E-state index in [1.165, 1.54) is 4.90 Å². The third-order valence-corrected chi connectivity index (χ3v) is 7.92. The zero-order chi connectivity index (χ0) is 29.6. The fourth-order valence-corrected chi connectivity index (χ4v) is 5.65. The number of nitrogens with zero attached hydrogens (tertiary/aromatic N) is 3. The number of benzene rings is 1. The molecular weight excluding hydrogens is 558 g/mol. The summed E-state index contributed by atoms with van der Waals surface area (Å²) in [6.07, 6.45) is 6.68. The van der Waals surface area contributed by atoms with Crippen molar-refractivity contribution in [2.24, 2.45) is 9.98 Å². The fraction of sp³-hybridized carbons (Fsp3) is 0.467. The van der Waals surface area contributed by atoms with Gasteiger partial charge in [0.15, 0.2) is 12.1 Å². The van der Waals surface area contributed by atoms with Gasteiger partial charge in [0.25, 0.3) is 5.91 Å². The van der Waals surface area contributed by atoms with Crippen molar-refractivity contribution in [3.63, 3.8) is 0 Å². The van der Waals surface area contributed by atoms with Gasteiger partial charge in [-0.05, 0) is 64.8 Å². The Labute approximate surface area is 251 Å². The van der Waals surface area contributed by atoms with Gasteiger partial charge in [0.1, 0.15) is 18.2 Å². The monoisotopic (exact) mass is 595 g/mol. The number of amides is 2. The summed E-state index contributed by atoms with van der Waals surface area (Å²) in [5.74, 6) is 0.730. The van der Waals surface area contributed by atoms with Gasteiger partial charge in [-0.2, -0.15) is 0 Å². The highest BCUT2D eigenvalue weighted by atomic mass is 35.5. The quantitative estimate of drug-likeness (QED) is 0.364. The molecule has 0 aromatic heterocycles. The molecule has 4 N–H and O–H groups in total. The fourth-order valence-electron chi connectivity index (χ4n) is 5.37. The number of carbonyl (C=O) groups excluding carboxylic acids is 2. The van der Waals surface area contributed by atoms with Gasteiger partial charge in [0.05, 0.1) is 0 Å². The Morgan fingerprint density at radius 1 is 1.21 bits per heavy atom. The molecule has 2 saturated heterocycles. The molecule has 1 aromatic rings. The van der Waals surface area contributed by atoms with Crippen LogP contribution in [0.15, 0.2) is 58.3 Å². The van der Waals surface area contributed by atoms with E-state index in [9.17, 15) is 9.59 Å². The predicted molar refractivity (Wildman–Crippen MR) is 163 cm³/mol. The summed E-state index contributed by atoms with van der Waals surface area (Å²) in [5, 5.41) is 10.1. The van der Waals surface area contributed by atoms with E-state index in [0.717, 1.165) is 44.3 Å². The maximum Gasteiger partial charge on any atom is 0.260 e. The minimum absolute atomic E-state index is 0.0566. The lowest BCUT2D eigenvalue weighted by molar-refractivity contribution is -0.129. The Bertz CT molecular complexity index is 1340. The van der Waals surface area contributed by atoms with E-state index >= 15 is 0 Å². The zero-order valence-corrected chi connectivity index (χ0v) is 24.8. The van der Waals surface area contributed by atoms with E-state index in [0.29, 0.717) is 52.4 Å². The molecule has 5 rings (SSSR count). The van der Waals surface area contributed by atoms with Crippen molar-refractivity contribution >= 4 is 40.7 Å². The van der Waals surface area contributed by atoms with E-state index in [4.69, 9.17) is 26.2 Å². The van der Waals surface area contributed by atoms with Gasteiger partial charge in [-0.15, -0.1) is 0 Å². The Morgan fingerprint density at radius 2 is 1.95 bits per heavy atom. The summed E-state index contributed by atoms with van der Waals surface area (Å²) < 4.78 is 5.46. The highest BCUT2D eigenvalue weighted by molar-refractivity contribution is 6.38. The van der Waals surface area contributed by atoms with Crippen LogP contribution in [0.25, 0.3) is 5.57 Å². The number of nitrogens with one attached hydrogen (secondary N) is 4. The van der Waals surface area contributed by atoms with Crippen LogP contribution < -0.4 is 21.4 Å². The molecule has 4 aliphatic rings.